The molecule has 1 aliphatic heterocycles. The number of thioether (sulfide) groups is 1. The van der Waals surface area contributed by atoms with E-state index in [1.54, 1.807) is 11.8 Å². The van der Waals surface area contributed by atoms with Crippen LogP contribution in [0.4, 0.5) is 0 Å². The summed E-state index contributed by atoms with van der Waals surface area (Å²) >= 11 is 3.11. The van der Waals surface area contributed by atoms with E-state index in [0.717, 1.165) is 33.6 Å². The van der Waals surface area contributed by atoms with Crippen molar-refractivity contribution in [2.24, 2.45) is 0 Å². The fraction of sp³-hybridized carbons (Fsp3) is 0.200. The minimum absolute atomic E-state index is 0.118. The van der Waals surface area contributed by atoms with E-state index in [9.17, 15) is 10.1 Å². The highest BCUT2D eigenvalue weighted by molar-refractivity contribution is 8.03. The van der Waals surface area contributed by atoms with Crippen molar-refractivity contribution in [2.75, 3.05) is 5.75 Å². The SMILES string of the molecule is N#CC(C(=O)c1cc2ccccc2s1)=C1CCCS1. The first-order valence-electron chi connectivity index (χ1n) is 6.09. The molecule has 1 aromatic heterocycles. The third-order valence-electron chi connectivity index (χ3n) is 3.09. The number of carbonyl (C=O) groups is 1. The van der Waals surface area contributed by atoms with E-state index in [0.29, 0.717) is 10.5 Å². The zero-order valence-corrected chi connectivity index (χ0v) is 11.8. The Kier molecular flexibility index (Phi) is 3.41. The van der Waals surface area contributed by atoms with Gasteiger partial charge in [0.15, 0.2) is 0 Å². The Balaban J connectivity index is 2.03. The summed E-state index contributed by atoms with van der Waals surface area (Å²) in [4.78, 5) is 14.1. The number of fused-ring (bicyclic) bond motifs is 1. The van der Waals surface area contributed by atoms with E-state index in [-0.39, 0.29) is 5.78 Å². The largest absolute Gasteiger partial charge is 0.287 e. The van der Waals surface area contributed by atoms with Crippen LogP contribution in [0.15, 0.2) is 40.8 Å². The van der Waals surface area contributed by atoms with Crippen LogP contribution >= 0.6 is 23.1 Å². The second kappa shape index (κ2) is 5.20. The fourth-order valence-corrected chi connectivity index (χ4v) is 4.27. The van der Waals surface area contributed by atoms with Crippen molar-refractivity contribution in [1.82, 2.24) is 0 Å². The summed E-state index contributed by atoms with van der Waals surface area (Å²) in [5.41, 5.74) is 0.342. The highest BCUT2D eigenvalue weighted by atomic mass is 32.2. The summed E-state index contributed by atoms with van der Waals surface area (Å²) < 4.78 is 1.09. The molecule has 0 saturated carbocycles. The summed E-state index contributed by atoms with van der Waals surface area (Å²) in [7, 11) is 0. The van der Waals surface area contributed by atoms with Crippen LogP contribution < -0.4 is 0 Å². The molecule has 1 saturated heterocycles. The van der Waals surface area contributed by atoms with Crippen LogP contribution in [-0.2, 0) is 0 Å². The van der Waals surface area contributed by atoms with Gasteiger partial charge in [0.1, 0.15) is 11.6 Å². The molecule has 2 heterocycles. The number of nitriles is 1. The van der Waals surface area contributed by atoms with Crippen LogP contribution in [0, 0.1) is 11.3 Å². The first-order valence-corrected chi connectivity index (χ1v) is 7.89. The van der Waals surface area contributed by atoms with Gasteiger partial charge >= 0.3 is 0 Å². The summed E-state index contributed by atoms with van der Waals surface area (Å²) in [5.74, 6) is 0.897. The number of benzene rings is 1. The minimum Gasteiger partial charge on any atom is -0.287 e. The standard InChI is InChI=1S/C15H11NOS2/c16-9-11(13-6-3-7-18-13)15(17)14-8-10-4-1-2-5-12(10)19-14/h1-2,4-5,8H,3,6-7H2. The highest BCUT2D eigenvalue weighted by Crippen LogP contribution is 2.35. The molecule has 0 bridgehead atoms. The second-order valence-electron chi connectivity index (χ2n) is 4.34. The van der Waals surface area contributed by atoms with Gasteiger partial charge in [-0.05, 0) is 36.1 Å². The van der Waals surface area contributed by atoms with Gasteiger partial charge in [-0.15, -0.1) is 23.1 Å². The Hall–Kier alpha value is -1.57. The van der Waals surface area contributed by atoms with E-state index < -0.39 is 0 Å². The van der Waals surface area contributed by atoms with Gasteiger partial charge < -0.3 is 0 Å². The van der Waals surface area contributed by atoms with Gasteiger partial charge in [-0.25, -0.2) is 0 Å². The van der Waals surface area contributed by atoms with E-state index in [2.05, 4.69) is 6.07 Å². The van der Waals surface area contributed by atoms with Crippen LogP contribution in [0.3, 0.4) is 0 Å². The van der Waals surface area contributed by atoms with Crippen molar-refractivity contribution < 1.29 is 4.79 Å². The van der Waals surface area contributed by atoms with Gasteiger partial charge in [-0.1, -0.05) is 18.2 Å². The first-order chi connectivity index (χ1) is 9.29. The molecule has 1 aromatic carbocycles. The lowest BCUT2D eigenvalue weighted by atomic mass is 10.1. The van der Waals surface area contributed by atoms with E-state index in [4.69, 9.17) is 0 Å². The predicted octanol–water partition coefficient (Wildman–Crippen LogP) is 4.39. The molecule has 0 spiro atoms. The Labute approximate surface area is 119 Å². The van der Waals surface area contributed by atoms with E-state index >= 15 is 0 Å². The number of hydrogen-bond donors (Lipinski definition) is 0. The van der Waals surface area contributed by atoms with Gasteiger partial charge in [0.2, 0.25) is 5.78 Å². The minimum atomic E-state index is -0.118. The van der Waals surface area contributed by atoms with Crippen molar-refractivity contribution >= 4 is 39.0 Å². The monoisotopic (exact) mass is 285 g/mol. The number of hydrogen-bond acceptors (Lipinski definition) is 4. The van der Waals surface area contributed by atoms with E-state index in [1.165, 1.54) is 11.3 Å². The average molecular weight is 285 g/mol. The lowest BCUT2D eigenvalue weighted by molar-refractivity contribution is 0.104. The topological polar surface area (TPSA) is 40.9 Å². The molecule has 0 unspecified atom stereocenters. The van der Waals surface area contributed by atoms with Gasteiger partial charge in [0.25, 0.3) is 0 Å². The molecule has 3 rings (SSSR count). The fourth-order valence-electron chi connectivity index (χ4n) is 2.15. The Bertz CT molecular complexity index is 680. The molecule has 0 amide bonds. The van der Waals surface area contributed by atoms with Crippen molar-refractivity contribution in [3.63, 3.8) is 0 Å². The normalized spacial score (nSPS) is 17.4. The maximum absolute atomic E-state index is 12.4. The number of nitrogens with zero attached hydrogens (tertiary/aromatic N) is 1. The lowest BCUT2D eigenvalue weighted by Gasteiger charge is -1.99. The third-order valence-corrected chi connectivity index (χ3v) is 5.46. The number of allylic oxidation sites excluding steroid dienone is 2. The van der Waals surface area contributed by atoms with Crippen molar-refractivity contribution in [1.29, 1.82) is 5.26 Å². The molecule has 1 fully saturated rings. The number of thiophene rings is 1. The number of ketones is 1. The highest BCUT2D eigenvalue weighted by Gasteiger charge is 2.21. The van der Waals surface area contributed by atoms with Crippen molar-refractivity contribution in [3.8, 4) is 6.07 Å². The van der Waals surface area contributed by atoms with Crippen molar-refractivity contribution in [2.45, 2.75) is 12.8 Å². The summed E-state index contributed by atoms with van der Waals surface area (Å²) in [5, 5.41) is 10.3. The number of carbonyl (C=O) groups excluding carboxylic acids is 1. The number of Topliss-reactive ketones (excluding diaryl/α,β-unsaturated/α-hetero) is 1. The van der Waals surface area contributed by atoms with Crippen LogP contribution in [0.2, 0.25) is 0 Å². The van der Waals surface area contributed by atoms with Gasteiger partial charge in [0, 0.05) is 9.61 Å². The molecule has 2 nitrogen and oxygen atoms in total. The molecule has 0 radical (unpaired) electrons. The Morgan fingerprint density at radius 3 is 2.84 bits per heavy atom. The average Bonchev–Trinajstić information content (AvgIpc) is 3.08. The predicted molar refractivity (Wildman–Crippen MR) is 80.5 cm³/mol. The maximum Gasteiger partial charge on any atom is 0.214 e. The smallest absolute Gasteiger partial charge is 0.214 e. The lowest BCUT2D eigenvalue weighted by Crippen LogP contribution is -2.01. The third kappa shape index (κ3) is 2.32. The molecule has 4 heteroatoms. The van der Waals surface area contributed by atoms with Crippen molar-refractivity contribution in [3.05, 3.63) is 45.7 Å². The maximum atomic E-state index is 12.4. The quantitative estimate of drug-likeness (QED) is 0.467. The summed E-state index contributed by atoms with van der Waals surface area (Å²) in [6.45, 7) is 0. The Morgan fingerprint density at radius 1 is 1.32 bits per heavy atom. The van der Waals surface area contributed by atoms with E-state index in [1.807, 2.05) is 30.3 Å². The van der Waals surface area contributed by atoms with Crippen LogP contribution in [0.25, 0.3) is 10.1 Å². The molecule has 19 heavy (non-hydrogen) atoms. The molecular weight excluding hydrogens is 274 g/mol. The van der Waals surface area contributed by atoms with Gasteiger partial charge in [-0.2, -0.15) is 5.26 Å². The molecule has 2 aromatic rings. The first kappa shape index (κ1) is 12.5. The molecular formula is C15H11NOS2. The Morgan fingerprint density at radius 2 is 2.16 bits per heavy atom. The molecule has 1 aliphatic rings. The summed E-state index contributed by atoms with van der Waals surface area (Å²) in [6.07, 6.45) is 1.93. The van der Waals surface area contributed by atoms with Gasteiger partial charge in [0.05, 0.1) is 4.88 Å². The molecule has 94 valence electrons. The van der Waals surface area contributed by atoms with Crippen LogP contribution in [0.5, 0.6) is 0 Å². The van der Waals surface area contributed by atoms with Crippen LogP contribution in [0.1, 0.15) is 22.5 Å². The van der Waals surface area contributed by atoms with Crippen LogP contribution in [-0.4, -0.2) is 11.5 Å². The molecule has 0 N–H and O–H groups in total. The number of rotatable bonds is 2. The second-order valence-corrected chi connectivity index (χ2v) is 6.61. The molecule has 0 aliphatic carbocycles. The summed E-state index contributed by atoms with van der Waals surface area (Å²) in [6, 6.07) is 11.9. The molecule has 0 atom stereocenters. The van der Waals surface area contributed by atoms with Gasteiger partial charge in [-0.3, -0.25) is 4.79 Å². The zero-order chi connectivity index (χ0) is 13.2. The zero-order valence-electron chi connectivity index (χ0n) is 10.2.